The minimum Gasteiger partial charge on any atom is -0.389 e. The second-order valence-electron chi connectivity index (χ2n) is 6.45. The van der Waals surface area contributed by atoms with Crippen LogP contribution in [0.25, 0.3) is 0 Å². The molecule has 2 aliphatic rings. The van der Waals surface area contributed by atoms with Crippen molar-refractivity contribution in [2.24, 2.45) is 23.7 Å². The molecule has 5 atom stereocenters. The van der Waals surface area contributed by atoms with Crippen LogP contribution in [0.1, 0.15) is 65.7 Å². The summed E-state index contributed by atoms with van der Waals surface area (Å²) in [6.07, 6.45) is 8.58. The fourth-order valence-corrected chi connectivity index (χ4v) is 4.18. The van der Waals surface area contributed by atoms with Crippen LogP contribution >= 0.6 is 0 Å². The Bertz CT molecular complexity index is 238. The molecule has 0 aromatic rings. The third-order valence-electron chi connectivity index (χ3n) is 5.63. The maximum absolute atomic E-state index is 11.0. The summed E-state index contributed by atoms with van der Waals surface area (Å²) in [7, 11) is 0. The normalized spacial score (nSPS) is 49.5. The molecule has 0 amide bonds. The maximum atomic E-state index is 11.0. The van der Waals surface area contributed by atoms with Crippen molar-refractivity contribution in [2.75, 3.05) is 0 Å². The van der Waals surface area contributed by atoms with Crippen molar-refractivity contribution in [3.63, 3.8) is 0 Å². The molecule has 1 nitrogen and oxygen atoms in total. The monoisotopic (exact) mass is 224 g/mol. The smallest absolute Gasteiger partial charge is 0.0703 e. The third-order valence-corrected chi connectivity index (χ3v) is 5.63. The quantitative estimate of drug-likeness (QED) is 0.751. The predicted molar refractivity (Wildman–Crippen MR) is 68.3 cm³/mol. The molecule has 0 aromatic heterocycles. The van der Waals surface area contributed by atoms with Gasteiger partial charge in [0.15, 0.2) is 0 Å². The SMILES string of the molecule is CCC1CCCC1(O)C1CCC(C)C(C)C1. The summed E-state index contributed by atoms with van der Waals surface area (Å²) < 4.78 is 0. The van der Waals surface area contributed by atoms with Gasteiger partial charge in [-0.2, -0.15) is 0 Å². The van der Waals surface area contributed by atoms with Crippen molar-refractivity contribution in [3.05, 3.63) is 0 Å². The van der Waals surface area contributed by atoms with E-state index in [1.54, 1.807) is 0 Å². The van der Waals surface area contributed by atoms with Gasteiger partial charge < -0.3 is 5.11 Å². The molecule has 94 valence electrons. The van der Waals surface area contributed by atoms with E-state index in [9.17, 15) is 5.11 Å². The number of hydrogen-bond donors (Lipinski definition) is 1. The van der Waals surface area contributed by atoms with E-state index in [-0.39, 0.29) is 5.60 Å². The van der Waals surface area contributed by atoms with Crippen LogP contribution in [0.3, 0.4) is 0 Å². The van der Waals surface area contributed by atoms with E-state index in [0.29, 0.717) is 11.8 Å². The lowest BCUT2D eigenvalue weighted by Crippen LogP contribution is -2.44. The van der Waals surface area contributed by atoms with Crippen LogP contribution in [0.15, 0.2) is 0 Å². The topological polar surface area (TPSA) is 20.2 Å². The zero-order valence-electron chi connectivity index (χ0n) is 11.2. The molecule has 0 radical (unpaired) electrons. The van der Waals surface area contributed by atoms with Gasteiger partial charge in [-0.25, -0.2) is 0 Å². The Morgan fingerprint density at radius 2 is 1.88 bits per heavy atom. The predicted octanol–water partition coefficient (Wildman–Crippen LogP) is 4.00. The van der Waals surface area contributed by atoms with E-state index in [1.165, 1.54) is 32.1 Å². The van der Waals surface area contributed by atoms with Crippen molar-refractivity contribution in [3.8, 4) is 0 Å². The highest BCUT2D eigenvalue weighted by Crippen LogP contribution is 2.49. The molecule has 16 heavy (non-hydrogen) atoms. The van der Waals surface area contributed by atoms with Crippen LogP contribution in [-0.4, -0.2) is 10.7 Å². The van der Waals surface area contributed by atoms with Gasteiger partial charge in [-0.05, 0) is 49.4 Å². The lowest BCUT2D eigenvalue weighted by Gasteiger charge is -2.43. The van der Waals surface area contributed by atoms with E-state index in [2.05, 4.69) is 20.8 Å². The molecule has 1 heteroatoms. The Hall–Kier alpha value is -0.0400. The molecule has 0 aliphatic heterocycles. The molecular weight excluding hydrogens is 196 g/mol. The Morgan fingerprint density at radius 1 is 1.12 bits per heavy atom. The first kappa shape index (κ1) is 12.4. The number of aliphatic hydroxyl groups is 1. The zero-order chi connectivity index (χ0) is 11.8. The second kappa shape index (κ2) is 4.68. The van der Waals surface area contributed by atoms with Crippen LogP contribution in [0.2, 0.25) is 0 Å². The largest absolute Gasteiger partial charge is 0.389 e. The van der Waals surface area contributed by atoms with Crippen LogP contribution < -0.4 is 0 Å². The van der Waals surface area contributed by atoms with Crippen molar-refractivity contribution < 1.29 is 5.11 Å². The van der Waals surface area contributed by atoms with Gasteiger partial charge in [0, 0.05) is 0 Å². The van der Waals surface area contributed by atoms with E-state index >= 15 is 0 Å². The summed E-state index contributed by atoms with van der Waals surface area (Å²) in [5.74, 6) is 2.84. The number of rotatable bonds is 2. The second-order valence-corrected chi connectivity index (χ2v) is 6.45. The van der Waals surface area contributed by atoms with Gasteiger partial charge >= 0.3 is 0 Å². The summed E-state index contributed by atoms with van der Waals surface area (Å²) in [6, 6.07) is 0. The standard InChI is InChI=1S/C15H28O/c1-4-13-6-5-9-15(13,16)14-8-7-11(2)12(3)10-14/h11-14,16H,4-10H2,1-3H3. The fraction of sp³-hybridized carbons (Fsp3) is 1.00. The minimum atomic E-state index is -0.302. The van der Waals surface area contributed by atoms with E-state index < -0.39 is 0 Å². The molecule has 5 unspecified atom stereocenters. The van der Waals surface area contributed by atoms with Crippen LogP contribution in [0, 0.1) is 23.7 Å². The molecule has 0 bridgehead atoms. The highest BCUT2D eigenvalue weighted by Gasteiger charge is 2.47. The molecule has 2 fully saturated rings. The van der Waals surface area contributed by atoms with Gasteiger partial charge in [0.2, 0.25) is 0 Å². The lowest BCUT2D eigenvalue weighted by molar-refractivity contribution is -0.0762. The van der Waals surface area contributed by atoms with Crippen molar-refractivity contribution in [2.45, 2.75) is 71.3 Å². The van der Waals surface area contributed by atoms with Crippen LogP contribution in [-0.2, 0) is 0 Å². The number of hydrogen-bond acceptors (Lipinski definition) is 1. The van der Waals surface area contributed by atoms with Crippen LogP contribution in [0.4, 0.5) is 0 Å². The summed E-state index contributed by atoms with van der Waals surface area (Å²) in [6.45, 7) is 6.99. The molecule has 2 saturated carbocycles. The average Bonchev–Trinajstić information content (AvgIpc) is 2.65. The Kier molecular flexibility index (Phi) is 3.63. The Morgan fingerprint density at radius 3 is 2.50 bits per heavy atom. The van der Waals surface area contributed by atoms with E-state index in [0.717, 1.165) is 24.7 Å². The molecule has 0 heterocycles. The zero-order valence-corrected chi connectivity index (χ0v) is 11.2. The summed E-state index contributed by atoms with van der Waals surface area (Å²) in [5, 5.41) is 11.0. The van der Waals surface area contributed by atoms with Gasteiger partial charge in [0.1, 0.15) is 0 Å². The van der Waals surface area contributed by atoms with Gasteiger partial charge in [0.25, 0.3) is 0 Å². The third kappa shape index (κ3) is 2.03. The highest BCUT2D eigenvalue weighted by molar-refractivity contribution is 4.98. The first-order valence-electron chi connectivity index (χ1n) is 7.30. The molecule has 0 spiro atoms. The Balaban J connectivity index is 2.06. The van der Waals surface area contributed by atoms with Gasteiger partial charge in [-0.3, -0.25) is 0 Å². The Labute approximate surface area is 101 Å². The van der Waals surface area contributed by atoms with E-state index in [1.807, 2.05) is 0 Å². The summed E-state index contributed by atoms with van der Waals surface area (Å²) in [5.41, 5.74) is -0.302. The molecule has 0 aromatic carbocycles. The van der Waals surface area contributed by atoms with Crippen molar-refractivity contribution in [1.29, 1.82) is 0 Å². The summed E-state index contributed by atoms with van der Waals surface area (Å²) >= 11 is 0. The fourth-order valence-electron chi connectivity index (χ4n) is 4.18. The summed E-state index contributed by atoms with van der Waals surface area (Å²) in [4.78, 5) is 0. The molecular formula is C15H28O. The van der Waals surface area contributed by atoms with Gasteiger partial charge in [-0.15, -0.1) is 0 Å². The first-order chi connectivity index (χ1) is 7.58. The maximum Gasteiger partial charge on any atom is 0.0703 e. The van der Waals surface area contributed by atoms with Crippen molar-refractivity contribution in [1.82, 2.24) is 0 Å². The molecule has 2 aliphatic carbocycles. The van der Waals surface area contributed by atoms with Gasteiger partial charge in [0.05, 0.1) is 5.60 Å². The highest BCUT2D eigenvalue weighted by atomic mass is 16.3. The molecule has 1 N–H and O–H groups in total. The molecule has 2 rings (SSSR count). The van der Waals surface area contributed by atoms with Crippen LogP contribution in [0.5, 0.6) is 0 Å². The average molecular weight is 224 g/mol. The first-order valence-corrected chi connectivity index (χ1v) is 7.30. The minimum absolute atomic E-state index is 0.302. The van der Waals surface area contributed by atoms with Crippen molar-refractivity contribution >= 4 is 0 Å². The van der Waals surface area contributed by atoms with E-state index in [4.69, 9.17) is 0 Å². The lowest BCUT2D eigenvalue weighted by atomic mass is 9.66. The van der Waals surface area contributed by atoms with Gasteiger partial charge in [-0.1, -0.05) is 40.0 Å². The molecule has 0 saturated heterocycles.